The van der Waals surface area contributed by atoms with Crippen LogP contribution in [0.4, 0.5) is 23.1 Å². The van der Waals surface area contributed by atoms with Crippen molar-refractivity contribution >= 4 is 33.2 Å². The van der Waals surface area contributed by atoms with Gasteiger partial charge in [0.1, 0.15) is 5.82 Å². The summed E-state index contributed by atoms with van der Waals surface area (Å²) in [7, 11) is -3.63. The summed E-state index contributed by atoms with van der Waals surface area (Å²) < 4.78 is 27.8. The molecule has 1 aromatic heterocycles. The third kappa shape index (κ3) is 4.71. The fourth-order valence-corrected chi connectivity index (χ4v) is 4.63. The predicted octanol–water partition coefficient (Wildman–Crippen LogP) is 4.24. The van der Waals surface area contributed by atoms with Crippen LogP contribution in [0.25, 0.3) is 0 Å². The van der Waals surface area contributed by atoms with Crippen LogP contribution in [-0.4, -0.2) is 31.5 Å². The lowest BCUT2D eigenvalue weighted by Gasteiger charge is -2.17. The van der Waals surface area contributed by atoms with Gasteiger partial charge in [0.05, 0.1) is 4.90 Å². The number of benzene rings is 2. The molecule has 2 N–H and O–H groups in total. The summed E-state index contributed by atoms with van der Waals surface area (Å²) in [6.07, 6.45) is 2.37. The molecule has 0 unspecified atom stereocenters. The van der Waals surface area contributed by atoms with Gasteiger partial charge in [-0.1, -0.05) is 12.1 Å². The van der Waals surface area contributed by atoms with Gasteiger partial charge in [0.15, 0.2) is 0 Å². The van der Waals surface area contributed by atoms with Crippen LogP contribution in [0.15, 0.2) is 59.5 Å². The maximum absolute atomic E-state index is 12.6. The average molecular weight is 424 g/mol. The Morgan fingerprint density at radius 3 is 2.30 bits per heavy atom. The normalized spacial score (nSPS) is 14.0. The maximum Gasteiger partial charge on any atom is 0.261 e. The molecule has 0 bridgehead atoms. The summed E-state index contributed by atoms with van der Waals surface area (Å²) in [5.74, 6) is 1.47. The van der Waals surface area contributed by atoms with Crippen molar-refractivity contribution < 1.29 is 8.42 Å². The van der Waals surface area contributed by atoms with E-state index < -0.39 is 10.0 Å². The molecule has 0 spiro atoms. The molecule has 1 aliphatic heterocycles. The fraction of sp³-hybridized carbons (Fsp3) is 0.273. The molecule has 1 saturated heterocycles. The third-order valence-corrected chi connectivity index (χ3v) is 6.34. The number of hydrogen-bond donors (Lipinski definition) is 2. The van der Waals surface area contributed by atoms with E-state index in [1.165, 1.54) is 12.8 Å². The molecule has 2 heterocycles. The van der Waals surface area contributed by atoms with Crippen LogP contribution in [0.2, 0.25) is 0 Å². The Hall–Kier alpha value is -3.13. The summed E-state index contributed by atoms with van der Waals surface area (Å²) in [5.41, 5.74) is 3.07. The summed E-state index contributed by atoms with van der Waals surface area (Å²) in [5, 5.41) is 3.21. The standard InChI is InChI=1S/C22H25N5O2S/c1-16-6-5-7-20(14-16)30(28,29)26-19-10-8-18(9-11-19)24-22-23-17(2)15-21(25-22)27-12-3-4-13-27/h5-11,14-15,26H,3-4,12-13H2,1-2H3,(H,23,24,25). The minimum atomic E-state index is -3.63. The van der Waals surface area contributed by atoms with Gasteiger partial charge in [0.25, 0.3) is 10.0 Å². The van der Waals surface area contributed by atoms with Gasteiger partial charge < -0.3 is 10.2 Å². The first-order valence-corrected chi connectivity index (χ1v) is 11.4. The van der Waals surface area contributed by atoms with Gasteiger partial charge in [-0.25, -0.2) is 13.4 Å². The van der Waals surface area contributed by atoms with Crippen LogP contribution < -0.4 is 14.9 Å². The zero-order valence-electron chi connectivity index (χ0n) is 17.1. The highest BCUT2D eigenvalue weighted by molar-refractivity contribution is 7.92. The molecule has 7 nitrogen and oxygen atoms in total. The monoisotopic (exact) mass is 423 g/mol. The summed E-state index contributed by atoms with van der Waals surface area (Å²) >= 11 is 0. The Morgan fingerprint density at radius 1 is 0.900 bits per heavy atom. The SMILES string of the molecule is Cc1cccc(S(=O)(=O)Nc2ccc(Nc3nc(C)cc(N4CCCC4)n3)cc2)c1. The smallest absolute Gasteiger partial charge is 0.261 e. The van der Waals surface area contributed by atoms with E-state index >= 15 is 0 Å². The van der Waals surface area contributed by atoms with E-state index in [2.05, 4.69) is 24.9 Å². The van der Waals surface area contributed by atoms with Crippen LogP contribution in [-0.2, 0) is 10.0 Å². The quantitative estimate of drug-likeness (QED) is 0.617. The van der Waals surface area contributed by atoms with E-state index in [1.807, 2.05) is 26.0 Å². The van der Waals surface area contributed by atoms with Crippen molar-refractivity contribution in [3.63, 3.8) is 0 Å². The van der Waals surface area contributed by atoms with Crippen LogP contribution >= 0.6 is 0 Å². The van der Waals surface area contributed by atoms with Gasteiger partial charge in [0.2, 0.25) is 5.95 Å². The summed E-state index contributed by atoms with van der Waals surface area (Å²) in [6, 6.07) is 15.9. The minimum Gasteiger partial charge on any atom is -0.356 e. The van der Waals surface area contributed by atoms with Crippen molar-refractivity contribution in [3.05, 3.63) is 65.9 Å². The molecular weight excluding hydrogens is 398 g/mol. The highest BCUT2D eigenvalue weighted by atomic mass is 32.2. The molecule has 2 aromatic carbocycles. The number of nitrogens with zero attached hydrogens (tertiary/aromatic N) is 3. The second-order valence-corrected chi connectivity index (χ2v) is 9.19. The average Bonchev–Trinajstić information content (AvgIpc) is 3.24. The minimum absolute atomic E-state index is 0.243. The third-order valence-electron chi connectivity index (χ3n) is 4.96. The lowest BCUT2D eigenvalue weighted by Crippen LogP contribution is -2.19. The molecule has 156 valence electrons. The van der Waals surface area contributed by atoms with E-state index in [4.69, 9.17) is 0 Å². The van der Waals surface area contributed by atoms with E-state index in [9.17, 15) is 8.42 Å². The van der Waals surface area contributed by atoms with E-state index in [0.717, 1.165) is 35.9 Å². The van der Waals surface area contributed by atoms with Gasteiger partial charge in [-0.15, -0.1) is 0 Å². The van der Waals surface area contributed by atoms with E-state index in [1.54, 1.807) is 42.5 Å². The molecule has 0 aliphatic carbocycles. The fourth-order valence-electron chi connectivity index (χ4n) is 3.46. The Bertz CT molecular complexity index is 1140. The largest absolute Gasteiger partial charge is 0.356 e. The lowest BCUT2D eigenvalue weighted by molar-refractivity contribution is 0.601. The Balaban J connectivity index is 1.48. The highest BCUT2D eigenvalue weighted by Crippen LogP contribution is 2.23. The van der Waals surface area contributed by atoms with Crippen LogP contribution in [0.1, 0.15) is 24.1 Å². The van der Waals surface area contributed by atoms with Gasteiger partial charge in [0, 0.05) is 36.2 Å². The summed E-state index contributed by atoms with van der Waals surface area (Å²) in [4.78, 5) is 11.6. The zero-order chi connectivity index (χ0) is 21.1. The lowest BCUT2D eigenvalue weighted by atomic mass is 10.2. The number of aromatic nitrogens is 2. The van der Waals surface area contributed by atoms with Crippen molar-refractivity contribution in [2.45, 2.75) is 31.6 Å². The second-order valence-electron chi connectivity index (χ2n) is 7.51. The number of aryl methyl sites for hydroxylation is 2. The van der Waals surface area contributed by atoms with Gasteiger partial charge in [-0.05, 0) is 68.7 Å². The number of sulfonamides is 1. The molecule has 30 heavy (non-hydrogen) atoms. The number of nitrogens with one attached hydrogen (secondary N) is 2. The van der Waals surface area contributed by atoms with E-state index in [0.29, 0.717) is 11.6 Å². The molecule has 3 aromatic rings. The molecule has 1 aliphatic rings. The Kier molecular flexibility index (Phi) is 5.59. The Morgan fingerprint density at radius 2 is 1.60 bits per heavy atom. The molecule has 8 heteroatoms. The maximum atomic E-state index is 12.6. The van der Waals surface area contributed by atoms with Crippen molar-refractivity contribution in [2.75, 3.05) is 28.0 Å². The molecule has 0 amide bonds. The van der Waals surface area contributed by atoms with Gasteiger partial charge >= 0.3 is 0 Å². The van der Waals surface area contributed by atoms with Crippen molar-refractivity contribution in [2.24, 2.45) is 0 Å². The first-order chi connectivity index (χ1) is 14.4. The predicted molar refractivity (Wildman–Crippen MR) is 120 cm³/mol. The first kappa shape index (κ1) is 20.2. The molecule has 1 fully saturated rings. The second kappa shape index (κ2) is 8.31. The number of anilines is 4. The number of rotatable bonds is 6. The highest BCUT2D eigenvalue weighted by Gasteiger charge is 2.16. The van der Waals surface area contributed by atoms with Crippen molar-refractivity contribution in [1.29, 1.82) is 0 Å². The summed E-state index contributed by atoms with van der Waals surface area (Å²) in [6.45, 7) is 5.86. The van der Waals surface area contributed by atoms with Crippen LogP contribution in [0.3, 0.4) is 0 Å². The molecular formula is C22H25N5O2S. The van der Waals surface area contributed by atoms with Crippen molar-refractivity contribution in [1.82, 2.24) is 9.97 Å². The van der Waals surface area contributed by atoms with Crippen LogP contribution in [0, 0.1) is 13.8 Å². The van der Waals surface area contributed by atoms with Gasteiger partial charge in [-0.3, -0.25) is 4.72 Å². The first-order valence-electron chi connectivity index (χ1n) is 9.96. The van der Waals surface area contributed by atoms with Crippen LogP contribution in [0.5, 0.6) is 0 Å². The van der Waals surface area contributed by atoms with E-state index in [-0.39, 0.29) is 4.90 Å². The topological polar surface area (TPSA) is 87.2 Å². The molecule has 4 rings (SSSR count). The van der Waals surface area contributed by atoms with Crippen molar-refractivity contribution in [3.8, 4) is 0 Å². The molecule has 0 saturated carbocycles. The molecule has 0 atom stereocenters. The Labute approximate surface area is 177 Å². The molecule has 0 radical (unpaired) electrons. The van der Waals surface area contributed by atoms with Gasteiger partial charge in [-0.2, -0.15) is 4.98 Å². The number of hydrogen-bond acceptors (Lipinski definition) is 6. The zero-order valence-corrected chi connectivity index (χ0v) is 17.9.